The van der Waals surface area contributed by atoms with Crippen molar-refractivity contribution in [1.82, 2.24) is 0 Å². The van der Waals surface area contributed by atoms with Crippen LogP contribution in [0, 0.1) is 13.8 Å². The minimum absolute atomic E-state index is 0.155. The van der Waals surface area contributed by atoms with Gasteiger partial charge in [-0.15, -0.1) is 0 Å². The monoisotopic (exact) mass is 257 g/mol. The first-order valence-electron chi connectivity index (χ1n) is 5.33. The molecule has 0 heterocycles. The Bertz CT molecular complexity index is 469. The summed E-state index contributed by atoms with van der Waals surface area (Å²) < 4.78 is 36.2. The maximum Gasteiger partial charge on any atom is 0.454 e. The molecule has 0 aliphatic rings. The number of ketones is 1. The Hall–Kier alpha value is -1.78. The van der Waals surface area contributed by atoms with Crippen molar-refractivity contribution in [2.24, 2.45) is 0 Å². The number of carbonyl (C=O) groups is 1. The van der Waals surface area contributed by atoms with E-state index in [0.29, 0.717) is 11.8 Å². The van der Waals surface area contributed by atoms with E-state index in [9.17, 15) is 18.0 Å². The lowest BCUT2D eigenvalue weighted by atomic mass is 10.1. The standard InChI is InChI=1S/C13H14F3NO/c1-8-4-9(2)6-11(5-8)17-10(3)7-12(18)13(14,15)16/h4-7,17H,1-3H3/b10-7+. The lowest BCUT2D eigenvalue weighted by Gasteiger charge is -2.09. The summed E-state index contributed by atoms with van der Waals surface area (Å²) in [5, 5.41) is 2.77. The van der Waals surface area contributed by atoms with Crippen LogP contribution in [0.2, 0.25) is 0 Å². The number of benzene rings is 1. The Morgan fingerprint density at radius 1 is 1.17 bits per heavy atom. The van der Waals surface area contributed by atoms with E-state index >= 15 is 0 Å². The average Bonchev–Trinajstić information content (AvgIpc) is 2.13. The SMILES string of the molecule is C/C(=C\C(=O)C(F)(F)F)Nc1cc(C)cc(C)c1. The fraction of sp³-hybridized carbons (Fsp3) is 0.308. The topological polar surface area (TPSA) is 29.1 Å². The molecule has 0 bridgehead atoms. The van der Waals surface area contributed by atoms with Crippen molar-refractivity contribution < 1.29 is 18.0 Å². The molecule has 0 fully saturated rings. The molecule has 0 saturated carbocycles. The Kier molecular flexibility index (Phi) is 4.16. The summed E-state index contributed by atoms with van der Waals surface area (Å²) >= 11 is 0. The Labute approximate surface area is 104 Å². The number of carbonyl (C=O) groups excluding carboxylic acids is 1. The van der Waals surface area contributed by atoms with Gasteiger partial charge in [0.15, 0.2) is 0 Å². The number of allylic oxidation sites excluding steroid dienone is 2. The van der Waals surface area contributed by atoms with Crippen molar-refractivity contribution in [1.29, 1.82) is 0 Å². The predicted molar refractivity (Wildman–Crippen MR) is 64.4 cm³/mol. The highest BCUT2D eigenvalue weighted by Gasteiger charge is 2.36. The molecule has 18 heavy (non-hydrogen) atoms. The van der Waals surface area contributed by atoms with Crippen molar-refractivity contribution in [3.05, 3.63) is 41.1 Å². The molecule has 0 amide bonds. The third-order valence-corrected chi connectivity index (χ3v) is 2.19. The Morgan fingerprint density at radius 3 is 2.11 bits per heavy atom. The van der Waals surface area contributed by atoms with Gasteiger partial charge < -0.3 is 5.32 Å². The number of alkyl halides is 3. The number of hydrogen-bond acceptors (Lipinski definition) is 2. The normalized spacial score (nSPS) is 12.4. The van der Waals surface area contributed by atoms with Gasteiger partial charge in [-0.25, -0.2) is 0 Å². The van der Waals surface area contributed by atoms with Crippen LogP contribution in [0.15, 0.2) is 30.0 Å². The van der Waals surface area contributed by atoms with Gasteiger partial charge in [0.25, 0.3) is 5.78 Å². The van der Waals surface area contributed by atoms with Crippen molar-refractivity contribution in [2.75, 3.05) is 5.32 Å². The van der Waals surface area contributed by atoms with Crippen LogP contribution < -0.4 is 5.32 Å². The van der Waals surface area contributed by atoms with Gasteiger partial charge in [0.05, 0.1) is 0 Å². The molecule has 0 aliphatic carbocycles. The maximum atomic E-state index is 12.1. The van der Waals surface area contributed by atoms with Crippen molar-refractivity contribution >= 4 is 11.5 Å². The van der Waals surface area contributed by atoms with Crippen LogP contribution in [0.1, 0.15) is 18.1 Å². The van der Waals surface area contributed by atoms with Gasteiger partial charge in [-0.2, -0.15) is 13.2 Å². The van der Waals surface area contributed by atoms with Gasteiger partial charge in [0.2, 0.25) is 0 Å². The first kappa shape index (κ1) is 14.3. The quantitative estimate of drug-likeness (QED) is 0.835. The highest BCUT2D eigenvalue weighted by atomic mass is 19.4. The molecule has 1 N–H and O–H groups in total. The van der Waals surface area contributed by atoms with E-state index in [1.807, 2.05) is 19.9 Å². The summed E-state index contributed by atoms with van der Waals surface area (Å²) in [6, 6.07) is 5.54. The van der Waals surface area contributed by atoms with E-state index in [-0.39, 0.29) is 5.70 Å². The molecule has 0 atom stereocenters. The van der Waals surface area contributed by atoms with Crippen LogP contribution in [0.25, 0.3) is 0 Å². The van der Waals surface area contributed by atoms with Crippen LogP contribution in [-0.2, 0) is 4.79 Å². The molecule has 5 heteroatoms. The minimum Gasteiger partial charge on any atom is -0.359 e. The van der Waals surface area contributed by atoms with Crippen molar-refractivity contribution in [2.45, 2.75) is 26.9 Å². The van der Waals surface area contributed by atoms with Gasteiger partial charge >= 0.3 is 6.18 Å². The van der Waals surface area contributed by atoms with E-state index in [1.54, 1.807) is 12.1 Å². The van der Waals surface area contributed by atoms with E-state index in [1.165, 1.54) is 6.92 Å². The van der Waals surface area contributed by atoms with Gasteiger partial charge in [-0.05, 0) is 44.0 Å². The summed E-state index contributed by atoms with van der Waals surface area (Å²) in [5.41, 5.74) is 2.80. The number of halogens is 3. The van der Waals surface area contributed by atoms with E-state index in [2.05, 4.69) is 5.32 Å². The highest BCUT2D eigenvalue weighted by molar-refractivity contribution is 5.95. The van der Waals surface area contributed by atoms with Gasteiger partial charge in [-0.1, -0.05) is 6.07 Å². The van der Waals surface area contributed by atoms with E-state index in [4.69, 9.17) is 0 Å². The molecule has 1 aromatic rings. The van der Waals surface area contributed by atoms with Gasteiger partial charge in [0, 0.05) is 17.5 Å². The zero-order valence-corrected chi connectivity index (χ0v) is 10.4. The Morgan fingerprint density at radius 2 is 1.67 bits per heavy atom. The minimum atomic E-state index is -4.83. The van der Waals surface area contributed by atoms with Crippen LogP contribution in [0.4, 0.5) is 18.9 Å². The zero-order chi connectivity index (χ0) is 13.9. The molecule has 0 saturated heterocycles. The van der Waals surface area contributed by atoms with Crippen LogP contribution in [0.3, 0.4) is 0 Å². The number of nitrogens with one attached hydrogen (secondary N) is 1. The fourth-order valence-corrected chi connectivity index (χ4v) is 1.59. The summed E-state index contributed by atoms with van der Waals surface area (Å²) in [6.07, 6.45) is -4.27. The molecule has 2 nitrogen and oxygen atoms in total. The van der Waals surface area contributed by atoms with Crippen molar-refractivity contribution in [3.8, 4) is 0 Å². The second-order valence-corrected chi connectivity index (χ2v) is 4.19. The van der Waals surface area contributed by atoms with Crippen LogP contribution >= 0.6 is 0 Å². The predicted octanol–water partition coefficient (Wildman–Crippen LogP) is 3.75. The summed E-state index contributed by atoms with van der Waals surface area (Å²) in [4.78, 5) is 10.8. The van der Waals surface area contributed by atoms with Crippen LogP contribution in [-0.4, -0.2) is 12.0 Å². The van der Waals surface area contributed by atoms with Crippen molar-refractivity contribution in [3.63, 3.8) is 0 Å². The summed E-state index contributed by atoms with van der Waals surface area (Å²) in [6.45, 7) is 5.19. The number of aryl methyl sites for hydroxylation is 2. The second-order valence-electron chi connectivity index (χ2n) is 4.19. The second kappa shape index (κ2) is 5.25. The van der Waals surface area contributed by atoms with Gasteiger partial charge in [-0.3, -0.25) is 4.79 Å². The molecule has 0 aromatic heterocycles. The molecule has 98 valence electrons. The van der Waals surface area contributed by atoms with Crippen LogP contribution in [0.5, 0.6) is 0 Å². The molecule has 0 aliphatic heterocycles. The molecule has 0 radical (unpaired) electrons. The number of hydrogen-bond donors (Lipinski definition) is 1. The lowest BCUT2D eigenvalue weighted by molar-refractivity contribution is -0.165. The molecule has 1 rings (SSSR count). The average molecular weight is 257 g/mol. The summed E-state index contributed by atoms with van der Waals surface area (Å²) in [7, 11) is 0. The number of rotatable bonds is 3. The summed E-state index contributed by atoms with van der Waals surface area (Å²) in [5.74, 6) is -1.86. The van der Waals surface area contributed by atoms with E-state index < -0.39 is 12.0 Å². The molecular formula is C13H14F3NO. The fourth-order valence-electron chi connectivity index (χ4n) is 1.59. The highest BCUT2D eigenvalue weighted by Crippen LogP contribution is 2.19. The lowest BCUT2D eigenvalue weighted by Crippen LogP contribution is -2.21. The Balaban J connectivity index is 2.84. The first-order valence-corrected chi connectivity index (χ1v) is 5.33. The number of anilines is 1. The van der Waals surface area contributed by atoms with E-state index in [0.717, 1.165) is 11.1 Å². The largest absolute Gasteiger partial charge is 0.454 e. The molecule has 1 aromatic carbocycles. The van der Waals surface area contributed by atoms with Gasteiger partial charge in [0.1, 0.15) is 0 Å². The third kappa shape index (κ3) is 4.24. The maximum absolute atomic E-state index is 12.1. The zero-order valence-electron chi connectivity index (χ0n) is 10.4. The molecule has 0 unspecified atom stereocenters. The first-order chi connectivity index (χ1) is 8.18. The molecule has 0 spiro atoms. The molecular weight excluding hydrogens is 243 g/mol. The smallest absolute Gasteiger partial charge is 0.359 e. The third-order valence-electron chi connectivity index (χ3n) is 2.19.